The van der Waals surface area contributed by atoms with Crippen LogP contribution in [0.3, 0.4) is 0 Å². The van der Waals surface area contributed by atoms with Gasteiger partial charge >= 0.3 is 0 Å². The SMILES string of the molecule is OCc1cccc(-c2ccccn2)c1-c1ccccn1. The Kier molecular flexibility index (Phi) is 3.52. The molecular weight excluding hydrogens is 248 g/mol. The van der Waals surface area contributed by atoms with Gasteiger partial charge in [0.2, 0.25) is 0 Å². The van der Waals surface area contributed by atoms with E-state index in [9.17, 15) is 5.11 Å². The number of hydrogen-bond acceptors (Lipinski definition) is 3. The third kappa shape index (κ3) is 2.31. The van der Waals surface area contributed by atoms with Crippen LogP contribution in [0.4, 0.5) is 0 Å². The highest BCUT2D eigenvalue weighted by molar-refractivity contribution is 5.82. The monoisotopic (exact) mass is 262 g/mol. The van der Waals surface area contributed by atoms with Crippen LogP contribution in [0.2, 0.25) is 0 Å². The van der Waals surface area contributed by atoms with E-state index in [-0.39, 0.29) is 6.61 Å². The first-order chi connectivity index (χ1) is 9.90. The van der Waals surface area contributed by atoms with E-state index in [4.69, 9.17) is 0 Å². The number of nitrogens with zero attached hydrogens (tertiary/aromatic N) is 2. The highest BCUT2D eigenvalue weighted by Gasteiger charge is 2.13. The van der Waals surface area contributed by atoms with Crippen LogP contribution in [0.25, 0.3) is 22.5 Å². The van der Waals surface area contributed by atoms with E-state index in [1.54, 1.807) is 12.4 Å². The van der Waals surface area contributed by atoms with Crippen molar-refractivity contribution >= 4 is 0 Å². The standard InChI is InChI=1S/C17H14N2O/c20-12-13-6-5-7-14(15-8-1-3-10-18-15)17(13)16-9-2-4-11-19-16/h1-11,20H,12H2. The molecule has 20 heavy (non-hydrogen) atoms. The number of rotatable bonds is 3. The van der Waals surface area contributed by atoms with Gasteiger partial charge in [-0.25, -0.2) is 0 Å². The molecule has 98 valence electrons. The molecule has 3 aromatic rings. The first-order valence-electron chi connectivity index (χ1n) is 6.45. The molecule has 0 aliphatic heterocycles. The minimum atomic E-state index is -0.0212. The zero-order chi connectivity index (χ0) is 13.8. The first-order valence-corrected chi connectivity index (χ1v) is 6.45. The minimum absolute atomic E-state index is 0.0212. The van der Waals surface area contributed by atoms with E-state index in [1.807, 2.05) is 54.6 Å². The smallest absolute Gasteiger partial charge is 0.0712 e. The van der Waals surface area contributed by atoms with Crippen LogP contribution in [-0.4, -0.2) is 15.1 Å². The topological polar surface area (TPSA) is 46.0 Å². The van der Waals surface area contributed by atoms with Crippen molar-refractivity contribution in [3.8, 4) is 22.5 Å². The predicted molar refractivity (Wildman–Crippen MR) is 78.8 cm³/mol. The number of pyridine rings is 2. The summed E-state index contributed by atoms with van der Waals surface area (Å²) >= 11 is 0. The van der Waals surface area contributed by atoms with Gasteiger partial charge in [0.25, 0.3) is 0 Å². The Balaban J connectivity index is 2.26. The Morgan fingerprint density at radius 2 is 1.45 bits per heavy atom. The molecule has 0 spiro atoms. The molecule has 0 bridgehead atoms. The summed E-state index contributed by atoms with van der Waals surface area (Å²) in [5.41, 5.74) is 4.50. The maximum absolute atomic E-state index is 9.60. The van der Waals surface area contributed by atoms with Crippen LogP contribution in [-0.2, 0) is 6.61 Å². The molecule has 2 heterocycles. The van der Waals surface area contributed by atoms with E-state index in [0.717, 1.165) is 28.1 Å². The van der Waals surface area contributed by atoms with Gasteiger partial charge in [0.15, 0.2) is 0 Å². The number of hydrogen-bond donors (Lipinski definition) is 1. The average molecular weight is 262 g/mol. The fraction of sp³-hybridized carbons (Fsp3) is 0.0588. The van der Waals surface area contributed by atoms with Crippen molar-refractivity contribution < 1.29 is 5.11 Å². The van der Waals surface area contributed by atoms with Crippen molar-refractivity contribution in [2.24, 2.45) is 0 Å². The van der Waals surface area contributed by atoms with Crippen molar-refractivity contribution in [3.63, 3.8) is 0 Å². The summed E-state index contributed by atoms with van der Waals surface area (Å²) in [4.78, 5) is 8.81. The Morgan fingerprint density at radius 1 is 0.750 bits per heavy atom. The lowest BCUT2D eigenvalue weighted by Crippen LogP contribution is -1.95. The summed E-state index contributed by atoms with van der Waals surface area (Å²) in [5.74, 6) is 0. The van der Waals surface area contributed by atoms with Crippen molar-refractivity contribution in [2.75, 3.05) is 0 Å². The normalized spacial score (nSPS) is 10.4. The van der Waals surface area contributed by atoms with Gasteiger partial charge in [-0.15, -0.1) is 0 Å². The Hall–Kier alpha value is -2.52. The fourth-order valence-electron chi connectivity index (χ4n) is 2.28. The van der Waals surface area contributed by atoms with Crippen LogP contribution in [0, 0.1) is 0 Å². The summed E-state index contributed by atoms with van der Waals surface area (Å²) in [6.45, 7) is -0.0212. The second-order valence-electron chi connectivity index (χ2n) is 4.43. The maximum atomic E-state index is 9.60. The molecule has 0 radical (unpaired) electrons. The van der Waals surface area contributed by atoms with Gasteiger partial charge in [-0.2, -0.15) is 0 Å². The fourth-order valence-corrected chi connectivity index (χ4v) is 2.28. The van der Waals surface area contributed by atoms with E-state index < -0.39 is 0 Å². The molecule has 0 saturated heterocycles. The molecule has 3 heteroatoms. The molecule has 0 fully saturated rings. The first kappa shape index (κ1) is 12.5. The molecule has 2 aromatic heterocycles. The van der Waals surface area contributed by atoms with Gasteiger partial charge in [0, 0.05) is 23.5 Å². The van der Waals surface area contributed by atoms with E-state index in [2.05, 4.69) is 9.97 Å². The summed E-state index contributed by atoms with van der Waals surface area (Å²) in [5, 5.41) is 9.60. The molecule has 1 aromatic carbocycles. The third-order valence-corrected chi connectivity index (χ3v) is 3.18. The molecule has 0 aliphatic rings. The van der Waals surface area contributed by atoms with Crippen LogP contribution in [0.15, 0.2) is 67.0 Å². The van der Waals surface area contributed by atoms with Crippen molar-refractivity contribution in [1.29, 1.82) is 0 Å². The lowest BCUT2D eigenvalue weighted by Gasteiger charge is -2.12. The predicted octanol–water partition coefficient (Wildman–Crippen LogP) is 3.30. The van der Waals surface area contributed by atoms with Crippen LogP contribution < -0.4 is 0 Å². The highest BCUT2D eigenvalue weighted by atomic mass is 16.3. The number of benzene rings is 1. The van der Waals surface area contributed by atoms with Gasteiger partial charge in [-0.1, -0.05) is 30.3 Å². The number of aromatic nitrogens is 2. The van der Waals surface area contributed by atoms with Crippen molar-refractivity contribution in [1.82, 2.24) is 9.97 Å². The van der Waals surface area contributed by atoms with Gasteiger partial charge in [0.05, 0.1) is 18.0 Å². The zero-order valence-electron chi connectivity index (χ0n) is 10.9. The summed E-state index contributed by atoms with van der Waals surface area (Å²) in [7, 11) is 0. The van der Waals surface area contributed by atoms with Gasteiger partial charge in [0.1, 0.15) is 0 Å². The number of aliphatic hydroxyl groups is 1. The molecule has 1 N–H and O–H groups in total. The third-order valence-electron chi connectivity index (χ3n) is 3.18. The Bertz CT molecular complexity index is 697. The van der Waals surface area contributed by atoms with Crippen molar-refractivity contribution in [2.45, 2.75) is 6.61 Å². The quantitative estimate of drug-likeness (QED) is 0.787. The van der Waals surface area contributed by atoms with Gasteiger partial charge < -0.3 is 5.11 Å². The molecule has 0 saturated carbocycles. The van der Waals surface area contributed by atoms with Gasteiger partial charge in [-0.3, -0.25) is 9.97 Å². The van der Waals surface area contributed by atoms with E-state index in [1.165, 1.54) is 0 Å². The lowest BCUT2D eigenvalue weighted by molar-refractivity contribution is 0.282. The Labute approximate surface area is 117 Å². The van der Waals surface area contributed by atoms with E-state index in [0.29, 0.717) is 0 Å². The molecule has 0 amide bonds. The van der Waals surface area contributed by atoms with Gasteiger partial charge in [-0.05, 0) is 29.8 Å². The second-order valence-corrected chi connectivity index (χ2v) is 4.43. The zero-order valence-corrected chi connectivity index (χ0v) is 10.9. The lowest BCUT2D eigenvalue weighted by atomic mass is 9.95. The highest BCUT2D eigenvalue weighted by Crippen LogP contribution is 2.32. The molecule has 0 aliphatic carbocycles. The van der Waals surface area contributed by atoms with Crippen molar-refractivity contribution in [3.05, 3.63) is 72.6 Å². The molecule has 0 unspecified atom stereocenters. The van der Waals surface area contributed by atoms with E-state index >= 15 is 0 Å². The largest absolute Gasteiger partial charge is 0.392 e. The molecule has 0 atom stereocenters. The average Bonchev–Trinajstić information content (AvgIpc) is 2.55. The Morgan fingerprint density at radius 3 is 2.05 bits per heavy atom. The summed E-state index contributed by atoms with van der Waals surface area (Å²) in [6, 6.07) is 17.4. The maximum Gasteiger partial charge on any atom is 0.0712 e. The molecule has 3 rings (SSSR count). The summed E-state index contributed by atoms with van der Waals surface area (Å²) in [6.07, 6.45) is 3.52. The number of aliphatic hydroxyl groups excluding tert-OH is 1. The summed E-state index contributed by atoms with van der Waals surface area (Å²) < 4.78 is 0. The van der Waals surface area contributed by atoms with Crippen LogP contribution in [0.5, 0.6) is 0 Å². The van der Waals surface area contributed by atoms with Crippen LogP contribution >= 0.6 is 0 Å². The minimum Gasteiger partial charge on any atom is -0.392 e. The van der Waals surface area contributed by atoms with Crippen LogP contribution in [0.1, 0.15) is 5.56 Å². The second kappa shape index (κ2) is 5.63. The molecular formula is C17H14N2O. The molecule has 3 nitrogen and oxygen atoms in total.